The van der Waals surface area contributed by atoms with E-state index >= 15 is 0 Å². The number of fused-ring (bicyclic) bond motifs is 2. The third-order valence-corrected chi connectivity index (χ3v) is 7.08. The molecule has 12 heteroatoms. The third kappa shape index (κ3) is 3.20. The molecule has 5 rings (SSSR count). The van der Waals surface area contributed by atoms with E-state index in [1.54, 1.807) is 24.8 Å². The predicted octanol–water partition coefficient (Wildman–Crippen LogP) is 3.25. The van der Waals surface area contributed by atoms with Gasteiger partial charge in [0, 0.05) is 29.4 Å². The zero-order valence-electron chi connectivity index (χ0n) is 15.9. The van der Waals surface area contributed by atoms with Gasteiger partial charge in [0.2, 0.25) is 0 Å². The van der Waals surface area contributed by atoms with Gasteiger partial charge in [-0.3, -0.25) is 9.29 Å². The molecule has 0 aliphatic rings. The first-order chi connectivity index (χ1) is 14.8. The van der Waals surface area contributed by atoms with Crippen LogP contribution in [0, 0.1) is 5.82 Å². The molecule has 0 saturated carbocycles. The number of thiazole rings is 1. The summed E-state index contributed by atoms with van der Waals surface area (Å²) in [6.45, 7) is 1.76. The van der Waals surface area contributed by atoms with Crippen LogP contribution in [-0.4, -0.2) is 27.4 Å². The van der Waals surface area contributed by atoms with Gasteiger partial charge in [0.1, 0.15) is 10.7 Å². The number of anilines is 1. The lowest BCUT2D eigenvalue weighted by Gasteiger charge is -2.15. The van der Waals surface area contributed by atoms with Gasteiger partial charge in [-0.2, -0.15) is 0 Å². The number of hydrogen-bond acceptors (Lipinski definition) is 7. The highest BCUT2D eigenvalue weighted by Crippen LogP contribution is 2.28. The first-order valence-corrected chi connectivity index (χ1v) is 11.4. The maximum Gasteiger partial charge on any atom is 0.420 e. The molecule has 1 aromatic carbocycles. The van der Waals surface area contributed by atoms with Crippen molar-refractivity contribution in [1.29, 1.82) is 0 Å². The van der Waals surface area contributed by atoms with Crippen LogP contribution in [0.4, 0.5) is 9.52 Å². The molecule has 0 radical (unpaired) electrons. The monoisotopic (exact) mass is 459 g/mol. The number of hydrogen-bond donors (Lipinski definition) is 1. The van der Waals surface area contributed by atoms with E-state index in [0.717, 1.165) is 34.7 Å². The first-order valence-electron chi connectivity index (χ1n) is 9.03. The van der Waals surface area contributed by atoms with E-state index in [0.29, 0.717) is 0 Å². The maximum absolute atomic E-state index is 14.9. The van der Waals surface area contributed by atoms with Gasteiger partial charge >= 0.3 is 5.76 Å². The highest BCUT2D eigenvalue weighted by molar-refractivity contribution is 7.93. The van der Waals surface area contributed by atoms with Crippen molar-refractivity contribution in [3.63, 3.8) is 0 Å². The normalized spacial score (nSPS) is 13.1. The molecule has 0 amide bonds. The second-order valence-electron chi connectivity index (χ2n) is 6.75. The lowest BCUT2D eigenvalue weighted by molar-refractivity contribution is 0.484. The van der Waals surface area contributed by atoms with Gasteiger partial charge in [-0.25, -0.2) is 27.6 Å². The molecule has 158 valence electrons. The Labute approximate surface area is 178 Å². The predicted molar refractivity (Wildman–Crippen MR) is 112 cm³/mol. The molecule has 4 heterocycles. The highest BCUT2D eigenvalue weighted by atomic mass is 32.2. The van der Waals surface area contributed by atoms with E-state index in [1.165, 1.54) is 10.8 Å². The number of nitrogens with one attached hydrogen (secondary N) is 1. The van der Waals surface area contributed by atoms with Crippen LogP contribution in [0.3, 0.4) is 0 Å². The zero-order valence-corrected chi connectivity index (χ0v) is 17.5. The van der Waals surface area contributed by atoms with Gasteiger partial charge in [-0.1, -0.05) is 6.07 Å². The SMILES string of the molecule is CC(c1cccc2cncn12)n1c(=O)oc2cc(S(=O)(=O)Nc3nccs3)c(F)cc21. The number of imidazole rings is 1. The van der Waals surface area contributed by atoms with Gasteiger partial charge in [0.25, 0.3) is 10.0 Å². The lowest BCUT2D eigenvalue weighted by atomic mass is 10.2. The van der Waals surface area contributed by atoms with E-state index in [9.17, 15) is 17.6 Å². The summed E-state index contributed by atoms with van der Waals surface area (Å²) >= 11 is 1.05. The van der Waals surface area contributed by atoms with Gasteiger partial charge < -0.3 is 8.82 Å². The van der Waals surface area contributed by atoms with Gasteiger partial charge in [0.05, 0.1) is 29.6 Å². The Morgan fingerprint density at radius 2 is 2.13 bits per heavy atom. The Kier molecular flexibility index (Phi) is 4.41. The molecule has 0 fully saturated rings. The van der Waals surface area contributed by atoms with Crippen molar-refractivity contribution in [2.75, 3.05) is 4.72 Å². The number of rotatable bonds is 5. The summed E-state index contributed by atoms with van der Waals surface area (Å²) < 4.78 is 50.7. The van der Waals surface area contributed by atoms with E-state index in [-0.39, 0.29) is 16.2 Å². The molecular weight excluding hydrogens is 445 g/mol. The summed E-state index contributed by atoms with van der Waals surface area (Å²) in [5.41, 5.74) is 1.65. The highest BCUT2D eigenvalue weighted by Gasteiger charge is 2.25. The molecule has 1 unspecified atom stereocenters. The second-order valence-corrected chi connectivity index (χ2v) is 9.29. The summed E-state index contributed by atoms with van der Waals surface area (Å²) in [6.07, 6.45) is 4.71. The molecule has 1 atom stereocenters. The van der Waals surface area contributed by atoms with Crippen molar-refractivity contribution in [1.82, 2.24) is 18.9 Å². The number of pyridine rings is 1. The van der Waals surface area contributed by atoms with Gasteiger partial charge in [-0.05, 0) is 19.1 Å². The van der Waals surface area contributed by atoms with Crippen LogP contribution < -0.4 is 10.5 Å². The molecule has 0 saturated heterocycles. The number of sulfonamides is 1. The topological polar surface area (TPSA) is 111 Å². The Morgan fingerprint density at radius 3 is 2.90 bits per heavy atom. The smallest absolute Gasteiger partial charge is 0.408 e. The fourth-order valence-corrected chi connectivity index (χ4v) is 5.36. The van der Waals surface area contributed by atoms with Crippen molar-refractivity contribution in [2.45, 2.75) is 17.9 Å². The Morgan fingerprint density at radius 1 is 1.29 bits per heavy atom. The average Bonchev–Trinajstić information content (AvgIpc) is 3.45. The van der Waals surface area contributed by atoms with E-state index < -0.39 is 32.5 Å². The quantitative estimate of drug-likeness (QED) is 0.432. The van der Waals surface area contributed by atoms with Crippen LogP contribution in [-0.2, 0) is 10.0 Å². The van der Waals surface area contributed by atoms with Crippen LogP contribution >= 0.6 is 11.3 Å². The largest absolute Gasteiger partial charge is 0.420 e. The fourth-order valence-electron chi connectivity index (χ4n) is 3.49. The van der Waals surface area contributed by atoms with Crippen molar-refractivity contribution >= 4 is 43.1 Å². The van der Waals surface area contributed by atoms with E-state index in [2.05, 4.69) is 14.7 Å². The molecule has 0 bridgehead atoms. The molecule has 0 aliphatic carbocycles. The average molecular weight is 459 g/mol. The number of oxazole rings is 1. The Balaban J connectivity index is 1.63. The molecular formula is C19H14FN5O4S2. The van der Waals surface area contributed by atoms with Crippen LogP contribution in [0.1, 0.15) is 18.7 Å². The molecule has 0 aliphatic heterocycles. The summed E-state index contributed by atoms with van der Waals surface area (Å²) in [5, 5.41) is 1.68. The van der Waals surface area contributed by atoms with Crippen LogP contribution in [0.5, 0.6) is 0 Å². The molecule has 1 N–H and O–H groups in total. The first kappa shape index (κ1) is 19.5. The number of halogens is 1. The number of benzene rings is 1. The summed E-state index contributed by atoms with van der Waals surface area (Å²) in [5.74, 6) is -1.75. The minimum absolute atomic E-state index is 0.0458. The lowest BCUT2D eigenvalue weighted by Crippen LogP contribution is -2.21. The Bertz CT molecular complexity index is 1580. The zero-order chi connectivity index (χ0) is 21.8. The van der Waals surface area contributed by atoms with Gasteiger partial charge in [0.15, 0.2) is 10.7 Å². The summed E-state index contributed by atoms with van der Waals surface area (Å²) in [7, 11) is -4.26. The minimum Gasteiger partial charge on any atom is -0.408 e. The maximum atomic E-state index is 14.9. The Hall–Kier alpha value is -3.51. The number of nitrogens with zero attached hydrogens (tertiary/aromatic N) is 4. The number of aromatic nitrogens is 4. The van der Waals surface area contributed by atoms with Crippen molar-refractivity contribution in [3.05, 3.63) is 76.5 Å². The van der Waals surface area contributed by atoms with Crippen molar-refractivity contribution < 1.29 is 17.2 Å². The van der Waals surface area contributed by atoms with E-state index in [1.807, 2.05) is 22.6 Å². The molecule has 31 heavy (non-hydrogen) atoms. The van der Waals surface area contributed by atoms with Crippen molar-refractivity contribution in [2.24, 2.45) is 0 Å². The van der Waals surface area contributed by atoms with Gasteiger partial charge in [-0.15, -0.1) is 11.3 Å². The molecule has 5 aromatic rings. The molecule has 4 aromatic heterocycles. The second kappa shape index (κ2) is 7.03. The standard InChI is InChI=1S/C19H14FN5O4S2/c1-11(14-4-2-3-12-9-21-10-24(12)14)25-15-7-13(20)17(8-16(15)29-19(25)26)31(27,28)23-18-22-5-6-30-18/h2-11H,1H3,(H,22,23). The summed E-state index contributed by atoms with van der Waals surface area (Å²) in [4.78, 5) is 19.9. The van der Waals surface area contributed by atoms with Crippen LogP contribution in [0.25, 0.3) is 16.6 Å². The molecule has 9 nitrogen and oxygen atoms in total. The van der Waals surface area contributed by atoms with Crippen molar-refractivity contribution in [3.8, 4) is 0 Å². The molecule has 0 spiro atoms. The minimum atomic E-state index is -4.26. The fraction of sp³-hybridized carbons (Fsp3) is 0.105. The van der Waals surface area contributed by atoms with Crippen LogP contribution in [0.15, 0.2) is 68.5 Å². The van der Waals surface area contributed by atoms with Crippen LogP contribution in [0.2, 0.25) is 0 Å². The summed E-state index contributed by atoms with van der Waals surface area (Å²) in [6, 6.07) is 6.96. The van der Waals surface area contributed by atoms with E-state index in [4.69, 9.17) is 4.42 Å². The third-order valence-electron chi connectivity index (χ3n) is 4.91.